The number of aryl methyl sites for hydroxylation is 1. The number of nitrogens with zero attached hydrogens (tertiary/aromatic N) is 5. The minimum absolute atomic E-state index is 0.0905. The van der Waals surface area contributed by atoms with Gasteiger partial charge in [-0.15, -0.1) is 0 Å². The van der Waals surface area contributed by atoms with E-state index in [0.29, 0.717) is 18.7 Å². The molecule has 160 valence electrons. The van der Waals surface area contributed by atoms with Crippen molar-refractivity contribution in [2.45, 2.75) is 12.8 Å². The van der Waals surface area contributed by atoms with Crippen molar-refractivity contribution in [2.75, 3.05) is 57.8 Å². The fourth-order valence-corrected chi connectivity index (χ4v) is 4.43. The smallest absolute Gasteiger partial charge is 0.271 e. The summed E-state index contributed by atoms with van der Waals surface area (Å²) in [4.78, 5) is 25.1. The van der Waals surface area contributed by atoms with Gasteiger partial charge in [0.05, 0.1) is 5.71 Å². The SMILES string of the molecule is CO/N=C1/CCN(CCCN2CCN(c3ccccc3)CC2)C(=O)c2c1ccn2C. The Balaban J connectivity index is 1.30. The third kappa shape index (κ3) is 4.36. The van der Waals surface area contributed by atoms with Gasteiger partial charge >= 0.3 is 0 Å². The van der Waals surface area contributed by atoms with E-state index in [-0.39, 0.29) is 5.91 Å². The lowest BCUT2D eigenvalue weighted by Crippen LogP contribution is -2.47. The van der Waals surface area contributed by atoms with Crippen LogP contribution in [0.15, 0.2) is 47.8 Å². The number of benzene rings is 1. The summed E-state index contributed by atoms with van der Waals surface area (Å²) in [6.07, 6.45) is 3.61. The molecule has 2 aromatic rings. The Labute approximate surface area is 178 Å². The summed E-state index contributed by atoms with van der Waals surface area (Å²) in [5.74, 6) is 0.0905. The van der Waals surface area contributed by atoms with E-state index in [4.69, 9.17) is 4.84 Å². The maximum atomic E-state index is 13.1. The number of rotatable bonds is 6. The Morgan fingerprint density at radius 3 is 2.50 bits per heavy atom. The normalized spacial score (nSPS) is 19.1. The van der Waals surface area contributed by atoms with E-state index in [9.17, 15) is 4.79 Å². The minimum Gasteiger partial charge on any atom is -0.399 e. The minimum atomic E-state index is 0.0905. The first-order valence-corrected chi connectivity index (χ1v) is 10.7. The largest absolute Gasteiger partial charge is 0.399 e. The summed E-state index contributed by atoms with van der Waals surface area (Å²) < 4.78 is 1.89. The number of carbonyl (C=O) groups excluding carboxylic acids is 1. The van der Waals surface area contributed by atoms with Crippen molar-refractivity contribution < 1.29 is 9.63 Å². The number of anilines is 1. The van der Waals surface area contributed by atoms with Gasteiger partial charge < -0.3 is 19.2 Å². The summed E-state index contributed by atoms with van der Waals surface area (Å²) in [7, 11) is 3.47. The van der Waals surface area contributed by atoms with Crippen molar-refractivity contribution in [2.24, 2.45) is 12.2 Å². The zero-order valence-electron chi connectivity index (χ0n) is 18.0. The number of fused-ring (bicyclic) bond motifs is 1. The molecule has 2 aliphatic heterocycles. The van der Waals surface area contributed by atoms with E-state index in [1.54, 1.807) is 7.11 Å². The first-order chi connectivity index (χ1) is 14.7. The lowest BCUT2D eigenvalue weighted by molar-refractivity contribution is 0.0745. The molecule has 0 unspecified atom stereocenters. The number of para-hydroxylation sites is 1. The van der Waals surface area contributed by atoms with Gasteiger partial charge in [0.2, 0.25) is 0 Å². The summed E-state index contributed by atoms with van der Waals surface area (Å²) in [5.41, 5.74) is 3.75. The molecule has 1 aromatic heterocycles. The maximum absolute atomic E-state index is 13.1. The lowest BCUT2D eigenvalue weighted by atomic mass is 10.1. The fraction of sp³-hybridized carbons (Fsp3) is 0.478. The van der Waals surface area contributed by atoms with Crippen molar-refractivity contribution in [3.05, 3.63) is 53.9 Å². The van der Waals surface area contributed by atoms with Gasteiger partial charge in [-0.3, -0.25) is 9.69 Å². The van der Waals surface area contributed by atoms with Gasteiger partial charge in [-0.2, -0.15) is 0 Å². The van der Waals surface area contributed by atoms with E-state index in [1.807, 2.05) is 28.8 Å². The predicted octanol–water partition coefficient (Wildman–Crippen LogP) is 2.43. The molecule has 7 heteroatoms. The molecule has 1 aromatic carbocycles. The second-order valence-electron chi connectivity index (χ2n) is 7.97. The lowest BCUT2D eigenvalue weighted by Gasteiger charge is -2.36. The highest BCUT2D eigenvalue weighted by molar-refractivity contribution is 6.11. The molecule has 0 saturated carbocycles. The quantitative estimate of drug-likeness (QED) is 0.688. The van der Waals surface area contributed by atoms with Crippen LogP contribution >= 0.6 is 0 Å². The fourth-order valence-electron chi connectivity index (χ4n) is 4.43. The maximum Gasteiger partial charge on any atom is 0.271 e. The van der Waals surface area contributed by atoms with Gasteiger partial charge in [0.25, 0.3) is 5.91 Å². The standard InChI is InChI=1S/C23H31N5O2/c1-25-13-9-20-21(24-30-2)10-14-28(23(29)22(20)25)12-6-11-26-15-17-27(18-16-26)19-7-4-3-5-8-19/h3-5,7-9,13H,6,10-12,14-18H2,1-2H3/b24-21-. The number of oxime groups is 1. The molecule has 0 atom stereocenters. The summed E-state index contributed by atoms with van der Waals surface area (Å²) in [6, 6.07) is 12.6. The molecule has 1 fully saturated rings. The highest BCUT2D eigenvalue weighted by atomic mass is 16.6. The Morgan fingerprint density at radius 2 is 1.77 bits per heavy atom. The predicted molar refractivity (Wildman–Crippen MR) is 119 cm³/mol. The Bertz CT molecular complexity index is 884. The number of aromatic nitrogens is 1. The van der Waals surface area contributed by atoms with Gasteiger partial charge in [0.1, 0.15) is 12.8 Å². The molecule has 2 aliphatic rings. The molecule has 1 amide bonds. The zero-order chi connectivity index (χ0) is 20.9. The second kappa shape index (κ2) is 9.34. The van der Waals surface area contributed by atoms with Crippen LogP contribution in [-0.2, 0) is 11.9 Å². The van der Waals surface area contributed by atoms with Gasteiger partial charge in [0.15, 0.2) is 0 Å². The third-order valence-corrected chi connectivity index (χ3v) is 6.09. The Kier molecular flexibility index (Phi) is 6.38. The molecule has 0 spiro atoms. The van der Waals surface area contributed by atoms with Crippen LogP contribution in [0, 0.1) is 0 Å². The van der Waals surface area contributed by atoms with Crippen LogP contribution < -0.4 is 4.90 Å². The van der Waals surface area contributed by atoms with Gasteiger partial charge in [-0.05, 0) is 31.2 Å². The van der Waals surface area contributed by atoms with E-state index >= 15 is 0 Å². The third-order valence-electron chi connectivity index (χ3n) is 6.09. The summed E-state index contributed by atoms with van der Waals surface area (Å²) in [6.45, 7) is 6.70. The highest BCUT2D eigenvalue weighted by Gasteiger charge is 2.28. The number of amides is 1. The van der Waals surface area contributed by atoms with Gasteiger partial charge in [-0.25, -0.2) is 0 Å². The van der Waals surface area contributed by atoms with Crippen molar-refractivity contribution in [3.8, 4) is 0 Å². The molecule has 0 N–H and O–H groups in total. The molecule has 4 rings (SSSR count). The number of carbonyl (C=O) groups is 1. The average Bonchev–Trinajstić information content (AvgIpc) is 3.11. The van der Waals surface area contributed by atoms with Crippen LogP contribution in [0.5, 0.6) is 0 Å². The van der Waals surface area contributed by atoms with Crippen LogP contribution in [0.3, 0.4) is 0 Å². The number of hydrogen-bond donors (Lipinski definition) is 0. The topological polar surface area (TPSA) is 53.3 Å². The first kappa shape index (κ1) is 20.5. The van der Waals surface area contributed by atoms with Crippen molar-refractivity contribution in [1.82, 2.24) is 14.4 Å². The molecule has 3 heterocycles. The van der Waals surface area contributed by atoms with Crippen molar-refractivity contribution in [1.29, 1.82) is 0 Å². The molecule has 30 heavy (non-hydrogen) atoms. The van der Waals surface area contributed by atoms with Crippen LogP contribution in [0.4, 0.5) is 5.69 Å². The van der Waals surface area contributed by atoms with Crippen LogP contribution in [-0.4, -0.2) is 78.9 Å². The second-order valence-corrected chi connectivity index (χ2v) is 7.97. The van der Waals surface area contributed by atoms with E-state index in [1.165, 1.54) is 5.69 Å². The molecule has 0 radical (unpaired) electrons. The Hall–Kier alpha value is -2.80. The van der Waals surface area contributed by atoms with Gasteiger partial charge in [0, 0.05) is 70.2 Å². The molecule has 0 aliphatic carbocycles. The Morgan fingerprint density at radius 1 is 1.00 bits per heavy atom. The van der Waals surface area contributed by atoms with Crippen molar-refractivity contribution >= 4 is 17.3 Å². The first-order valence-electron chi connectivity index (χ1n) is 10.7. The molecule has 0 bridgehead atoms. The van der Waals surface area contributed by atoms with Crippen LogP contribution in [0.25, 0.3) is 0 Å². The average molecular weight is 410 g/mol. The van der Waals surface area contributed by atoms with Crippen molar-refractivity contribution in [3.63, 3.8) is 0 Å². The summed E-state index contributed by atoms with van der Waals surface area (Å²) in [5, 5.41) is 4.16. The van der Waals surface area contributed by atoms with E-state index in [0.717, 1.165) is 57.0 Å². The zero-order valence-corrected chi connectivity index (χ0v) is 18.0. The monoisotopic (exact) mass is 409 g/mol. The number of hydrogen-bond acceptors (Lipinski definition) is 5. The van der Waals surface area contributed by atoms with Gasteiger partial charge in [-0.1, -0.05) is 23.4 Å². The molecular weight excluding hydrogens is 378 g/mol. The van der Waals surface area contributed by atoms with Crippen LogP contribution in [0.2, 0.25) is 0 Å². The molecular formula is C23H31N5O2. The molecule has 1 saturated heterocycles. The molecule has 7 nitrogen and oxygen atoms in total. The van der Waals surface area contributed by atoms with Crippen LogP contribution in [0.1, 0.15) is 28.9 Å². The summed E-state index contributed by atoms with van der Waals surface area (Å²) >= 11 is 0. The highest BCUT2D eigenvalue weighted by Crippen LogP contribution is 2.21. The van der Waals surface area contributed by atoms with E-state index < -0.39 is 0 Å². The van der Waals surface area contributed by atoms with E-state index in [2.05, 4.69) is 45.3 Å². The number of piperazine rings is 1.